The Morgan fingerprint density at radius 1 is 0.706 bits per heavy atom. The summed E-state index contributed by atoms with van der Waals surface area (Å²) in [6.45, 7) is 0. The fourth-order valence-electron chi connectivity index (χ4n) is 4.05. The number of hydrogen-bond acceptors (Lipinski definition) is 2. The zero-order valence-electron chi connectivity index (χ0n) is 18.6. The SMILES string of the molecule is O=S(=O)(c1ccccc1)n1ccc2cc(Cc3ccccc3C#CCc3ccccc3)ccc21. The van der Waals surface area contributed by atoms with E-state index in [4.69, 9.17) is 0 Å². The van der Waals surface area contributed by atoms with Crippen LogP contribution >= 0.6 is 0 Å². The molecule has 34 heavy (non-hydrogen) atoms. The summed E-state index contributed by atoms with van der Waals surface area (Å²) in [4.78, 5) is 0.277. The number of hydrogen-bond donors (Lipinski definition) is 0. The molecule has 166 valence electrons. The van der Waals surface area contributed by atoms with Gasteiger partial charge < -0.3 is 0 Å². The van der Waals surface area contributed by atoms with E-state index in [1.165, 1.54) is 9.54 Å². The van der Waals surface area contributed by atoms with E-state index in [9.17, 15) is 8.42 Å². The highest BCUT2D eigenvalue weighted by Crippen LogP contribution is 2.24. The molecular weight excluding hydrogens is 438 g/mol. The molecule has 4 heteroatoms. The van der Waals surface area contributed by atoms with Gasteiger partial charge in [0.1, 0.15) is 0 Å². The van der Waals surface area contributed by atoms with Crippen molar-refractivity contribution in [1.29, 1.82) is 0 Å². The first-order chi connectivity index (χ1) is 16.6. The lowest BCUT2D eigenvalue weighted by Crippen LogP contribution is -2.11. The van der Waals surface area contributed by atoms with Gasteiger partial charge in [0.25, 0.3) is 10.0 Å². The van der Waals surface area contributed by atoms with Crippen molar-refractivity contribution >= 4 is 20.9 Å². The van der Waals surface area contributed by atoms with Gasteiger partial charge in [-0.3, -0.25) is 0 Å². The van der Waals surface area contributed by atoms with Crippen molar-refractivity contribution in [3.05, 3.63) is 138 Å². The van der Waals surface area contributed by atoms with E-state index in [1.807, 2.05) is 54.6 Å². The molecule has 3 nitrogen and oxygen atoms in total. The Balaban J connectivity index is 1.41. The van der Waals surface area contributed by atoms with Gasteiger partial charge in [0, 0.05) is 23.6 Å². The second-order valence-corrected chi connectivity index (χ2v) is 9.94. The van der Waals surface area contributed by atoms with Gasteiger partial charge in [0.05, 0.1) is 10.4 Å². The largest absolute Gasteiger partial charge is 0.268 e. The molecule has 0 unspecified atom stereocenters. The maximum atomic E-state index is 13.1. The Bertz CT molecular complexity index is 1610. The smallest absolute Gasteiger partial charge is 0.241 e. The fraction of sp³-hybridized carbons (Fsp3) is 0.0667. The number of rotatable bonds is 5. The van der Waals surface area contributed by atoms with E-state index in [1.54, 1.807) is 30.5 Å². The molecule has 0 saturated heterocycles. The first kappa shape index (κ1) is 21.8. The van der Waals surface area contributed by atoms with Gasteiger partial charge in [0.15, 0.2) is 0 Å². The molecule has 0 atom stereocenters. The van der Waals surface area contributed by atoms with Crippen molar-refractivity contribution in [2.24, 2.45) is 0 Å². The third kappa shape index (κ3) is 4.52. The van der Waals surface area contributed by atoms with Crippen LogP contribution in [0.2, 0.25) is 0 Å². The van der Waals surface area contributed by atoms with Gasteiger partial charge >= 0.3 is 0 Å². The van der Waals surface area contributed by atoms with E-state index in [2.05, 4.69) is 42.2 Å². The van der Waals surface area contributed by atoms with E-state index < -0.39 is 10.0 Å². The topological polar surface area (TPSA) is 39.1 Å². The second kappa shape index (κ2) is 9.43. The molecule has 0 amide bonds. The van der Waals surface area contributed by atoms with Crippen LogP contribution in [0.15, 0.2) is 120 Å². The highest BCUT2D eigenvalue weighted by molar-refractivity contribution is 7.90. The summed E-state index contributed by atoms with van der Waals surface area (Å²) >= 11 is 0. The molecule has 1 heterocycles. The van der Waals surface area contributed by atoms with Crippen LogP contribution in [0.4, 0.5) is 0 Å². The van der Waals surface area contributed by atoms with Crippen molar-refractivity contribution in [2.45, 2.75) is 17.7 Å². The third-order valence-electron chi connectivity index (χ3n) is 5.79. The summed E-state index contributed by atoms with van der Waals surface area (Å²) in [6, 6.07) is 34.7. The van der Waals surface area contributed by atoms with Crippen LogP contribution in [0.3, 0.4) is 0 Å². The Hall–Kier alpha value is -4.07. The normalized spacial score (nSPS) is 11.2. The molecule has 0 fully saturated rings. The van der Waals surface area contributed by atoms with Crippen LogP contribution in [0.5, 0.6) is 0 Å². The molecule has 0 N–H and O–H groups in total. The molecule has 0 bridgehead atoms. The summed E-state index contributed by atoms with van der Waals surface area (Å²) in [5, 5.41) is 0.893. The van der Waals surface area contributed by atoms with Gasteiger partial charge in [0.2, 0.25) is 0 Å². The number of fused-ring (bicyclic) bond motifs is 1. The molecule has 0 radical (unpaired) electrons. The predicted molar refractivity (Wildman–Crippen MR) is 137 cm³/mol. The van der Waals surface area contributed by atoms with Crippen molar-refractivity contribution in [3.63, 3.8) is 0 Å². The molecule has 0 saturated carbocycles. The predicted octanol–water partition coefficient (Wildman–Crippen LogP) is 6.06. The summed E-state index contributed by atoms with van der Waals surface area (Å²) in [5.74, 6) is 6.62. The average Bonchev–Trinajstić information content (AvgIpc) is 3.30. The first-order valence-electron chi connectivity index (χ1n) is 11.1. The maximum Gasteiger partial charge on any atom is 0.268 e. The molecular formula is C30H23NO2S. The van der Waals surface area contributed by atoms with E-state index in [-0.39, 0.29) is 4.90 Å². The van der Waals surface area contributed by atoms with Crippen molar-refractivity contribution in [1.82, 2.24) is 3.97 Å². The highest BCUT2D eigenvalue weighted by atomic mass is 32.2. The molecule has 1 aromatic heterocycles. The quantitative estimate of drug-likeness (QED) is 0.298. The molecule has 0 spiro atoms. The maximum absolute atomic E-state index is 13.1. The van der Waals surface area contributed by atoms with E-state index >= 15 is 0 Å². The standard InChI is InChI=1S/C30H23NO2S/c32-34(33,29-16-5-2-6-17-29)31-21-20-28-23-25(18-19-30(28)31)22-27-14-8-7-13-26(27)15-9-12-24-10-3-1-4-11-24/h1-8,10-11,13-14,16-21,23H,12,22H2. The van der Waals surface area contributed by atoms with Gasteiger partial charge in [-0.05, 0) is 59.5 Å². The van der Waals surface area contributed by atoms with E-state index in [0.717, 1.165) is 28.5 Å². The molecule has 4 aromatic carbocycles. The monoisotopic (exact) mass is 461 g/mol. The molecule has 0 aliphatic rings. The Kier molecular flexibility index (Phi) is 6.03. The van der Waals surface area contributed by atoms with Gasteiger partial charge in [-0.25, -0.2) is 12.4 Å². The molecule has 5 aromatic rings. The van der Waals surface area contributed by atoms with E-state index in [0.29, 0.717) is 11.9 Å². The second-order valence-electron chi connectivity index (χ2n) is 8.12. The van der Waals surface area contributed by atoms with Crippen LogP contribution in [0, 0.1) is 11.8 Å². The van der Waals surface area contributed by atoms with Crippen molar-refractivity contribution in [3.8, 4) is 11.8 Å². The van der Waals surface area contributed by atoms with Crippen LogP contribution in [-0.4, -0.2) is 12.4 Å². The van der Waals surface area contributed by atoms with Gasteiger partial charge in [-0.2, -0.15) is 0 Å². The zero-order chi connectivity index (χ0) is 23.4. The van der Waals surface area contributed by atoms with Gasteiger partial charge in [-0.15, -0.1) is 0 Å². The first-order valence-corrected chi connectivity index (χ1v) is 12.6. The Morgan fingerprint density at radius 3 is 2.21 bits per heavy atom. The van der Waals surface area contributed by atoms with Crippen LogP contribution in [-0.2, 0) is 22.9 Å². The molecule has 5 rings (SSSR count). The van der Waals surface area contributed by atoms with Crippen LogP contribution in [0.25, 0.3) is 10.9 Å². The fourth-order valence-corrected chi connectivity index (χ4v) is 5.42. The van der Waals surface area contributed by atoms with Crippen molar-refractivity contribution in [2.75, 3.05) is 0 Å². The Morgan fingerprint density at radius 2 is 1.41 bits per heavy atom. The van der Waals surface area contributed by atoms with Crippen molar-refractivity contribution < 1.29 is 8.42 Å². The minimum atomic E-state index is -3.64. The zero-order valence-corrected chi connectivity index (χ0v) is 19.4. The van der Waals surface area contributed by atoms with Crippen LogP contribution in [0.1, 0.15) is 22.3 Å². The lowest BCUT2D eigenvalue weighted by molar-refractivity contribution is 0.589. The highest BCUT2D eigenvalue weighted by Gasteiger charge is 2.18. The molecule has 0 aliphatic heterocycles. The number of aromatic nitrogens is 1. The lowest BCUT2D eigenvalue weighted by Gasteiger charge is -2.09. The third-order valence-corrected chi connectivity index (χ3v) is 7.49. The lowest BCUT2D eigenvalue weighted by atomic mass is 9.99. The summed E-state index contributed by atoms with van der Waals surface area (Å²) in [7, 11) is -3.64. The number of nitrogens with zero attached hydrogens (tertiary/aromatic N) is 1. The molecule has 0 aliphatic carbocycles. The Labute approximate surface area is 200 Å². The summed E-state index contributed by atoms with van der Waals surface area (Å²) < 4.78 is 27.5. The van der Waals surface area contributed by atoms with Crippen LogP contribution < -0.4 is 0 Å². The minimum absolute atomic E-state index is 0.277. The minimum Gasteiger partial charge on any atom is -0.241 e. The van der Waals surface area contributed by atoms with Gasteiger partial charge in [-0.1, -0.05) is 84.6 Å². The summed E-state index contributed by atoms with van der Waals surface area (Å²) in [6.07, 6.45) is 3.06. The number of benzene rings is 4. The summed E-state index contributed by atoms with van der Waals surface area (Å²) in [5.41, 5.74) is 5.15. The average molecular weight is 462 g/mol.